The van der Waals surface area contributed by atoms with Gasteiger partial charge in [-0.25, -0.2) is 9.07 Å². The van der Waals surface area contributed by atoms with Gasteiger partial charge in [0.2, 0.25) is 0 Å². The number of benzene rings is 2. The minimum Gasteiger partial charge on any atom is -0.221 e. The molecule has 0 amide bonds. The molecule has 0 aliphatic carbocycles. The zero-order chi connectivity index (χ0) is 17.3. The standard InChI is InChI=1S/C16H12F4N4/c1-10-5-2-3-6-11(10)9-24-15(21-22-23-24)12-7-4-8-13(14(12)17)16(18,19)20/h2-8H,9H2,1H3. The van der Waals surface area contributed by atoms with Gasteiger partial charge in [-0.15, -0.1) is 5.10 Å². The summed E-state index contributed by atoms with van der Waals surface area (Å²) in [5.74, 6) is -1.44. The van der Waals surface area contributed by atoms with Crippen molar-refractivity contribution in [2.24, 2.45) is 0 Å². The van der Waals surface area contributed by atoms with Gasteiger partial charge in [-0.3, -0.25) is 0 Å². The van der Waals surface area contributed by atoms with Crippen molar-refractivity contribution in [2.75, 3.05) is 0 Å². The number of hydrogen-bond acceptors (Lipinski definition) is 3. The van der Waals surface area contributed by atoms with E-state index in [1.54, 1.807) is 0 Å². The lowest BCUT2D eigenvalue weighted by atomic mass is 10.1. The fourth-order valence-corrected chi connectivity index (χ4v) is 2.38. The number of aromatic nitrogens is 4. The van der Waals surface area contributed by atoms with Crippen LogP contribution in [0.25, 0.3) is 11.4 Å². The molecule has 0 saturated carbocycles. The molecule has 124 valence electrons. The first-order chi connectivity index (χ1) is 11.4. The Morgan fingerprint density at radius 1 is 1.04 bits per heavy atom. The molecule has 0 bridgehead atoms. The normalized spacial score (nSPS) is 11.7. The zero-order valence-electron chi connectivity index (χ0n) is 12.5. The van der Waals surface area contributed by atoms with Crippen LogP contribution in [0, 0.1) is 12.7 Å². The van der Waals surface area contributed by atoms with Crippen molar-refractivity contribution in [2.45, 2.75) is 19.6 Å². The molecule has 0 radical (unpaired) electrons. The van der Waals surface area contributed by atoms with E-state index in [0.29, 0.717) is 6.07 Å². The van der Waals surface area contributed by atoms with E-state index in [4.69, 9.17) is 0 Å². The predicted molar refractivity (Wildman–Crippen MR) is 78.5 cm³/mol. The first-order valence-corrected chi connectivity index (χ1v) is 7.04. The lowest BCUT2D eigenvalue weighted by molar-refractivity contribution is -0.139. The van der Waals surface area contributed by atoms with Crippen LogP contribution >= 0.6 is 0 Å². The number of tetrazole rings is 1. The molecule has 0 aliphatic rings. The first kappa shape index (κ1) is 16.1. The maximum Gasteiger partial charge on any atom is 0.419 e. The van der Waals surface area contributed by atoms with Gasteiger partial charge in [0.15, 0.2) is 5.82 Å². The van der Waals surface area contributed by atoms with Gasteiger partial charge in [0.05, 0.1) is 17.7 Å². The molecule has 0 atom stereocenters. The van der Waals surface area contributed by atoms with Crippen molar-refractivity contribution in [3.63, 3.8) is 0 Å². The van der Waals surface area contributed by atoms with Crippen LogP contribution in [0.3, 0.4) is 0 Å². The van der Waals surface area contributed by atoms with Gasteiger partial charge in [-0.2, -0.15) is 13.2 Å². The predicted octanol–water partition coefficient (Wildman–Crippen LogP) is 3.85. The van der Waals surface area contributed by atoms with Gasteiger partial charge in [-0.05, 0) is 40.6 Å². The summed E-state index contributed by atoms with van der Waals surface area (Å²) in [7, 11) is 0. The first-order valence-electron chi connectivity index (χ1n) is 7.04. The monoisotopic (exact) mass is 336 g/mol. The Morgan fingerprint density at radius 3 is 2.50 bits per heavy atom. The number of halogens is 4. The number of hydrogen-bond donors (Lipinski definition) is 0. The van der Waals surface area contributed by atoms with Crippen molar-refractivity contribution >= 4 is 0 Å². The second kappa shape index (κ2) is 6.03. The molecule has 4 nitrogen and oxygen atoms in total. The van der Waals surface area contributed by atoms with E-state index in [0.717, 1.165) is 17.2 Å². The van der Waals surface area contributed by atoms with E-state index < -0.39 is 17.6 Å². The summed E-state index contributed by atoms with van der Waals surface area (Å²) in [5, 5.41) is 10.9. The Morgan fingerprint density at radius 2 is 1.79 bits per heavy atom. The summed E-state index contributed by atoms with van der Waals surface area (Å²) in [4.78, 5) is 0. The molecule has 0 aliphatic heterocycles. The molecule has 0 spiro atoms. The molecule has 0 saturated heterocycles. The Kier molecular flexibility index (Phi) is 4.04. The highest BCUT2D eigenvalue weighted by Crippen LogP contribution is 2.34. The van der Waals surface area contributed by atoms with Crippen LogP contribution in [-0.4, -0.2) is 20.2 Å². The molecule has 1 heterocycles. The number of aryl methyl sites for hydroxylation is 1. The van der Waals surface area contributed by atoms with Gasteiger partial charge in [0.1, 0.15) is 5.82 Å². The van der Waals surface area contributed by atoms with E-state index in [-0.39, 0.29) is 17.9 Å². The van der Waals surface area contributed by atoms with E-state index >= 15 is 0 Å². The smallest absolute Gasteiger partial charge is 0.221 e. The number of rotatable bonds is 3. The fraction of sp³-hybridized carbons (Fsp3) is 0.188. The maximum absolute atomic E-state index is 14.3. The Bertz CT molecular complexity index is 871. The average Bonchev–Trinajstić information content (AvgIpc) is 2.96. The summed E-state index contributed by atoms with van der Waals surface area (Å²) in [6.07, 6.45) is -4.78. The van der Waals surface area contributed by atoms with E-state index in [2.05, 4.69) is 15.5 Å². The van der Waals surface area contributed by atoms with Crippen LogP contribution < -0.4 is 0 Å². The highest BCUT2D eigenvalue weighted by Gasteiger charge is 2.35. The van der Waals surface area contributed by atoms with E-state index in [1.165, 1.54) is 10.7 Å². The molecule has 1 aromatic heterocycles. The highest BCUT2D eigenvalue weighted by molar-refractivity contribution is 5.57. The number of alkyl halides is 3. The summed E-state index contributed by atoms with van der Waals surface area (Å²) in [6.45, 7) is 2.12. The Balaban J connectivity index is 2.04. The fourth-order valence-electron chi connectivity index (χ4n) is 2.38. The average molecular weight is 336 g/mol. The summed E-state index contributed by atoms with van der Waals surface area (Å²) < 4.78 is 54.2. The SMILES string of the molecule is Cc1ccccc1Cn1nnnc1-c1cccc(C(F)(F)F)c1F. The van der Waals surface area contributed by atoms with Gasteiger partial charge in [0, 0.05) is 0 Å². The van der Waals surface area contributed by atoms with Crippen LogP contribution in [0.4, 0.5) is 17.6 Å². The van der Waals surface area contributed by atoms with Crippen LogP contribution in [0.5, 0.6) is 0 Å². The zero-order valence-corrected chi connectivity index (χ0v) is 12.5. The minimum atomic E-state index is -4.78. The third-order valence-electron chi connectivity index (χ3n) is 3.66. The van der Waals surface area contributed by atoms with E-state index in [9.17, 15) is 17.6 Å². The van der Waals surface area contributed by atoms with Crippen molar-refractivity contribution < 1.29 is 17.6 Å². The summed E-state index contributed by atoms with van der Waals surface area (Å²) in [5.41, 5.74) is 0.232. The van der Waals surface area contributed by atoms with Gasteiger partial charge >= 0.3 is 6.18 Å². The third-order valence-corrected chi connectivity index (χ3v) is 3.66. The second-order valence-electron chi connectivity index (χ2n) is 5.25. The quantitative estimate of drug-likeness (QED) is 0.682. The van der Waals surface area contributed by atoms with Gasteiger partial charge < -0.3 is 0 Å². The maximum atomic E-state index is 14.3. The molecule has 3 aromatic rings. The van der Waals surface area contributed by atoms with Crippen LogP contribution in [-0.2, 0) is 12.7 Å². The van der Waals surface area contributed by atoms with Gasteiger partial charge in [0.25, 0.3) is 0 Å². The largest absolute Gasteiger partial charge is 0.419 e. The lowest BCUT2D eigenvalue weighted by Crippen LogP contribution is -2.11. The van der Waals surface area contributed by atoms with Crippen LogP contribution in [0.15, 0.2) is 42.5 Å². The van der Waals surface area contributed by atoms with Crippen molar-refractivity contribution in [1.29, 1.82) is 0 Å². The molecule has 24 heavy (non-hydrogen) atoms. The molecular weight excluding hydrogens is 324 g/mol. The molecule has 0 fully saturated rings. The van der Waals surface area contributed by atoms with Crippen molar-refractivity contribution in [3.05, 3.63) is 65.0 Å². The van der Waals surface area contributed by atoms with Crippen molar-refractivity contribution in [3.8, 4) is 11.4 Å². The summed E-state index contributed by atoms with van der Waals surface area (Å²) in [6, 6.07) is 10.5. The Labute approximate surface area is 134 Å². The third kappa shape index (κ3) is 2.99. The molecule has 3 rings (SSSR count). The van der Waals surface area contributed by atoms with Crippen LogP contribution in [0.1, 0.15) is 16.7 Å². The lowest BCUT2D eigenvalue weighted by Gasteiger charge is -2.11. The highest BCUT2D eigenvalue weighted by atomic mass is 19.4. The van der Waals surface area contributed by atoms with Crippen molar-refractivity contribution in [1.82, 2.24) is 20.2 Å². The van der Waals surface area contributed by atoms with Gasteiger partial charge in [-0.1, -0.05) is 30.3 Å². The minimum absolute atomic E-state index is 0.0538. The van der Waals surface area contributed by atoms with E-state index in [1.807, 2.05) is 31.2 Å². The molecule has 0 unspecified atom stereocenters. The molecular formula is C16H12F4N4. The molecule has 8 heteroatoms. The Hall–Kier alpha value is -2.77. The number of nitrogens with zero attached hydrogens (tertiary/aromatic N) is 4. The summed E-state index contributed by atoms with van der Waals surface area (Å²) >= 11 is 0. The molecule has 2 aromatic carbocycles. The second-order valence-corrected chi connectivity index (χ2v) is 5.25. The van der Waals surface area contributed by atoms with Crippen LogP contribution in [0.2, 0.25) is 0 Å². The molecule has 0 N–H and O–H groups in total. The topological polar surface area (TPSA) is 43.6 Å².